The molecule has 0 amide bonds. The van der Waals surface area contributed by atoms with Gasteiger partial charge >= 0.3 is 0 Å². The van der Waals surface area contributed by atoms with Gasteiger partial charge in [-0.2, -0.15) is 0 Å². The monoisotopic (exact) mass is 190 g/mol. The lowest BCUT2D eigenvalue weighted by atomic mass is 10.3. The Balaban J connectivity index is 2.49. The van der Waals surface area contributed by atoms with Gasteiger partial charge in [0.05, 0.1) is 0 Å². The molecule has 1 rings (SSSR count). The zero-order valence-electron chi connectivity index (χ0n) is 8.23. The predicted molar refractivity (Wildman–Crippen MR) is 57.6 cm³/mol. The van der Waals surface area contributed by atoms with Gasteiger partial charge in [-0.1, -0.05) is 18.7 Å². The molecule has 0 spiro atoms. The van der Waals surface area contributed by atoms with Gasteiger partial charge < -0.3 is 9.84 Å². The normalized spacial score (nSPS) is 11.1. The molecule has 14 heavy (non-hydrogen) atoms. The van der Waals surface area contributed by atoms with Crippen molar-refractivity contribution in [1.29, 1.82) is 0 Å². The molecule has 74 valence electrons. The lowest BCUT2D eigenvalue weighted by molar-refractivity contribution is 0.351. The summed E-state index contributed by atoms with van der Waals surface area (Å²) in [7, 11) is 0. The van der Waals surface area contributed by atoms with E-state index >= 15 is 0 Å². The average molecular weight is 190 g/mol. The second-order valence-corrected chi connectivity index (χ2v) is 3.03. The Kier molecular flexibility index (Phi) is 3.80. The number of phenols is 1. The Bertz CT molecular complexity index is 323. The fourth-order valence-corrected chi connectivity index (χ4v) is 0.989. The molecule has 1 aromatic carbocycles. The molecule has 0 unspecified atom stereocenters. The van der Waals surface area contributed by atoms with Crippen LogP contribution in [0.4, 0.5) is 0 Å². The number of phenolic OH excluding ortho intramolecular Hbond substituents is 1. The zero-order chi connectivity index (χ0) is 10.4. The number of hydrogen-bond donors (Lipinski definition) is 1. The van der Waals surface area contributed by atoms with Gasteiger partial charge in [-0.05, 0) is 36.8 Å². The molecule has 0 fully saturated rings. The molecule has 0 bridgehead atoms. The Morgan fingerprint density at radius 3 is 2.64 bits per heavy atom. The topological polar surface area (TPSA) is 29.5 Å². The number of benzene rings is 1. The third-order valence-electron chi connectivity index (χ3n) is 1.71. The molecule has 0 saturated carbocycles. The molecule has 0 aromatic heterocycles. The Labute approximate surface area is 84.1 Å². The fourth-order valence-electron chi connectivity index (χ4n) is 0.989. The second-order valence-electron chi connectivity index (χ2n) is 3.03. The van der Waals surface area contributed by atoms with Gasteiger partial charge in [0.15, 0.2) is 0 Å². The van der Waals surface area contributed by atoms with E-state index in [4.69, 9.17) is 9.84 Å². The summed E-state index contributed by atoms with van der Waals surface area (Å²) in [6, 6.07) is 6.66. The molecule has 0 radical (unpaired) electrons. The minimum absolute atomic E-state index is 0.246. The first-order valence-electron chi connectivity index (χ1n) is 4.42. The van der Waals surface area contributed by atoms with Crippen molar-refractivity contribution in [1.82, 2.24) is 0 Å². The largest absolute Gasteiger partial charge is 0.508 e. The van der Waals surface area contributed by atoms with Crippen molar-refractivity contribution in [2.24, 2.45) is 0 Å². The molecule has 1 aromatic rings. The summed E-state index contributed by atoms with van der Waals surface area (Å²) in [5, 5.41) is 9.04. The van der Waals surface area contributed by atoms with Crippen LogP contribution >= 0.6 is 0 Å². The highest BCUT2D eigenvalue weighted by atomic mass is 16.5. The van der Waals surface area contributed by atoms with Gasteiger partial charge in [-0.15, -0.1) is 0 Å². The number of rotatable bonds is 4. The molecule has 0 aliphatic carbocycles. The van der Waals surface area contributed by atoms with E-state index in [2.05, 4.69) is 6.58 Å². The van der Waals surface area contributed by atoms with E-state index in [-0.39, 0.29) is 5.75 Å². The van der Waals surface area contributed by atoms with Gasteiger partial charge in [-0.3, -0.25) is 0 Å². The fraction of sp³-hybridized carbons (Fsp3) is 0.167. The highest BCUT2D eigenvalue weighted by Gasteiger charge is 1.94. The minimum Gasteiger partial charge on any atom is -0.508 e. The van der Waals surface area contributed by atoms with Crippen LogP contribution in [0.5, 0.6) is 11.5 Å². The minimum atomic E-state index is 0.246. The van der Waals surface area contributed by atoms with Crippen molar-refractivity contribution in [3.8, 4) is 11.5 Å². The molecular weight excluding hydrogens is 176 g/mol. The van der Waals surface area contributed by atoms with Crippen molar-refractivity contribution in [2.75, 3.05) is 6.61 Å². The summed E-state index contributed by atoms with van der Waals surface area (Å²) in [6.45, 7) is 6.12. The maximum absolute atomic E-state index is 9.04. The summed E-state index contributed by atoms with van der Waals surface area (Å²) in [6.07, 6.45) is 3.63. The van der Waals surface area contributed by atoms with Crippen LogP contribution in [0.3, 0.4) is 0 Å². The highest BCUT2D eigenvalue weighted by Crippen LogP contribution is 2.16. The summed E-state index contributed by atoms with van der Waals surface area (Å²) in [5.74, 6) is 0.996. The molecule has 0 aliphatic rings. The maximum Gasteiger partial charge on any atom is 0.120 e. The van der Waals surface area contributed by atoms with Crippen molar-refractivity contribution >= 4 is 0 Å². The SMILES string of the molecule is C=C/C=C(\C)COc1ccc(O)cc1. The number of allylic oxidation sites excluding steroid dienone is 2. The molecule has 0 heterocycles. The molecule has 0 aliphatic heterocycles. The standard InChI is InChI=1S/C12H14O2/c1-3-4-10(2)9-14-12-7-5-11(13)6-8-12/h3-8,13H,1,9H2,2H3/b10-4+. The van der Waals surface area contributed by atoms with E-state index in [1.54, 1.807) is 30.3 Å². The van der Waals surface area contributed by atoms with E-state index in [0.717, 1.165) is 11.3 Å². The lowest BCUT2D eigenvalue weighted by Gasteiger charge is -2.05. The van der Waals surface area contributed by atoms with Crippen LogP contribution in [0, 0.1) is 0 Å². The van der Waals surface area contributed by atoms with Crippen molar-refractivity contribution < 1.29 is 9.84 Å². The van der Waals surface area contributed by atoms with Crippen LogP contribution in [0.1, 0.15) is 6.92 Å². The maximum atomic E-state index is 9.04. The van der Waals surface area contributed by atoms with Gasteiger partial charge in [0.2, 0.25) is 0 Å². The average Bonchev–Trinajstić information content (AvgIpc) is 2.17. The second kappa shape index (κ2) is 5.12. The number of ether oxygens (including phenoxy) is 1. The third kappa shape index (κ3) is 3.35. The van der Waals surface area contributed by atoms with Crippen LogP contribution in [0.15, 0.2) is 48.6 Å². The van der Waals surface area contributed by atoms with E-state index in [1.165, 1.54) is 0 Å². The molecule has 1 N–H and O–H groups in total. The summed E-state index contributed by atoms with van der Waals surface area (Å²) < 4.78 is 5.45. The molecule has 0 atom stereocenters. The van der Waals surface area contributed by atoms with Crippen LogP contribution in [0.2, 0.25) is 0 Å². The highest BCUT2D eigenvalue weighted by molar-refractivity contribution is 5.30. The Morgan fingerprint density at radius 2 is 2.07 bits per heavy atom. The van der Waals surface area contributed by atoms with Crippen LogP contribution in [-0.2, 0) is 0 Å². The van der Waals surface area contributed by atoms with E-state index < -0.39 is 0 Å². The van der Waals surface area contributed by atoms with Gasteiger partial charge in [0.1, 0.15) is 18.1 Å². The molecular formula is C12H14O2. The predicted octanol–water partition coefficient (Wildman–Crippen LogP) is 2.90. The Morgan fingerprint density at radius 1 is 1.43 bits per heavy atom. The zero-order valence-corrected chi connectivity index (χ0v) is 8.23. The van der Waals surface area contributed by atoms with Crippen molar-refractivity contribution in [3.05, 3.63) is 48.6 Å². The van der Waals surface area contributed by atoms with Crippen LogP contribution in [0.25, 0.3) is 0 Å². The van der Waals surface area contributed by atoms with Crippen molar-refractivity contribution in [3.63, 3.8) is 0 Å². The number of hydrogen-bond acceptors (Lipinski definition) is 2. The first-order chi connectivity index (χ1) is 6.72. The summed E-state index contributed by atoms with van der Waals surface area (Å²) in [4.78, 5) is 0. The van der Waals surface area contributed by atoms with Crippen LogP contribution in [-0.4, -0.2) is 11.7 Å². The smallest absolute Gasteiger partial charge is 0.120 e. The van der Waals surface area contributed by atoms with Crippen molar-refractivity contribution in [2.45, 2.75) is 6.92 Å². The number of aromatic hydroxyl groups is 1. The summed E-state index contributed by atoms with van der Waals surface area (Å²) in [5.41, 5.74) is 1.10. The first-order valence-corrected chi connectivity index (χ1v) is 4.42. The molecule has 2 nitrogen and oxygen atoms in total. The quantitative estimate of drug-likeness (QED) is 0.740. The van der Waals surface area contributed by atoms with Gasteiger partial charge in [0.25, 0.3) is 0 Å². The summed E-state index contributed by atoms with van der Waals surface area (Å²) >= 11 is 0. The van der Waals surface area contributed by atoms with Gasteiger partial charge in [0, 0.05) is 0 Å². The first kappa shape index (κ1) is 10.4. The Hall–Kier alpha value is -1.70. The van der Waals surface area contributed by atoms with E-state index in [9.17, 15) is 0 Å². The molecule has 0 saturated heterocycles. The van der Waals surface area contributed by atoms with E-state index in [1.807, 2.05) is 13.0 Å². The van der Waals surface area contributed by atoms with E-state index in [0.29, 0.717) is 6.61 Å². The molecule has 2 heteroatoms. The van der Waals surface area contributed by atoms with Gasteiger partial charge in [-0.25, -0.2) is 0 Å². The van der Waals surface area contributed by atoms with Crippen LogP contribution < -0.4 is 4.74 Å². The third-order valence-corrected chi connectivity index (χ3v) is 1.71. The lowest BCUT2D eigenvalue weighted by Crippen LogP contribution is -1.97.